The molecule has 1 fully saturated rings. The van der Waals surface area contributed by atoms with E-state index >= 15 is 0 Å². The molecule has 27 heavy (non-hydrogen) atoms. The summed E-state index contributed by atoms with van der Waals surface area (Å²) in [5.41, 5.74) is 3.24. The number of piperazine rings is 1. The van der Waals surface area contributed by atoms with E-state index in [1.54, 1.807) is 6.07 Å². The third-order valence-corrected chi connectivity index (χ3v) is 5.84. The zero-order chi connectivity index (χ0) is 19.2. The molecule has 2 aromatic carbocycles. The molecule has 0 saturated carbocycles. The minimum atomic E-state index is -0.202. The molecular weight excluding hydrogens is 453 g/mol. The minimum Gasteiger partial charge on any atom is -0.343 e. The lowest BCUT2D eigenvalue weighted by Gasteiger charge is -2.35. The van der Waals surface area contributed by atoms with Gasteiger partial charge in [-0.25, -0.2) is 0 Å². The monoisotopic (exact) mass is 477 g/mol. The van der Waals surface area contributed by atoms with Gasteiger partial charge in [0.2, 0.25) is 5.91 Å². The Morgan fingerprint density at radius 1 is 1.00 bits per heavy atom. The first-order valence-electron chi connectivity index (χ1n) is 9.12. The van der Waals surface area contributed by atoms with Crippen LogP contribution in [0.2, 0.25) is 0 Å². The number of carbonyl (C=O) groups is 2. The van der Waals surface area contributed by atoms with Gasteiger partial charge in [-0.2, -0.15) is 0 Å². The Labute approximate surface area is 173 Å². The van der Waals surface area contributed by atoms with Gasteiger partial charge in [-0.15, -0.1) is 0 Å². The molecule has 0 spiro atoms. The van der Waals surface area contributed by atoms with Crippen LogP contribution in [-0.4, -0.2) is 54.3 Å². The Kier molecular flexibility index (Phi) is 6.84. The Morgan fingerprint density at radius 3 is 2.37 bits per heavy atom. The van der Waals surface area contributed by atoms with E-state index in [0.717, 1.165) is 23.2 Å². The number of hydrogen-bond donors (Lipinski definition) is 1. The largest absolute Gasteiger partial charge is 0.343 e. The lowest BCUT2D eigenvalue weighted by molar-refractivity contribution is -0.131. The van der Waals surface area contributed by atoms with Crippen LogP contribution in [0.1, 0.15) is 21.5 Å². The van der Waals surface area contributed by atoms with E-state index in [2.05, 4.69) is 64.0 Å². The molecule has 2 aromatic rings. The van der Waals surface area contributed by atoms with Gasteiger partial charge in [0.05, 0.1) is 12.1 Å². The van der Waals surface area contributed by atoms with E-state index in [1.165, 1.54) is 11.1 Å². The van der Waals surface area contributed by atoms with Crippen LogP contribution in [0, 0.1) is 10.5 Å². The summed E-state index contributed by atoms with van der Waals surface area (Å²) in [4.78, 5) is 28.9. The smallest absolute Gasteiger partial charge is 0.252 e. The van der Waals surface area contributed by atoms with Crippen molar-refractivity contribution in [3.63, 3.8) is 0 Å². The van der Waals surface area contributed by atoms with Crippen molar-refractivity contribution < 1.29 is 9.59 Å². The minimum absolute atomic E-state index is 0.0233. The summed E-state index contributed by atoms with van der Waals surface area (Å²) in [5, 5.41) is 2.75. The van der Waals surface area contributed by atoms with Crippen molar-refractivity contribution in [3.05, 3.63) is 68.8 Å². The van der Waals surface area contributed by atoms with Gasteiger partial charge in [-0.3, -0.25) is 14.5 Å². The highest BCUT2D eigenvalue weighted by Gasteiger charge is 2.22. The molecule has 142 valence electrons. The zero-order valence-corrected chi connectivity index (χ0v) is 17.6. The maximum absolute atomic E-state index is 12.4. The van der Waals surface area contributed by atoms with Crippen molar-refractivity contribution in [1.82, 2.24) is 15.1 Å². The number of hydrogen-bond acceptors (Lipinski definition) is 3. The van der Waals surface area contributed by atoms with Crippen molar-refractivity contribution in [2.45, 2.75) is 13.5 Å². The first-order valence-corrected chi connectivity index (χ1v) is 10.2. The Morgan fingerprint density at radius 2 is 1.67 bits per heavy atom. The van der Waals surface area contributed by atoms with Gasteiger partial charge in [-0.1, -0.05) is 36.4 Å². The lowest BCUT2D eigenvalue weighted by Crippen LogP contribution is -2.50. The first kappa shape index (κ1) is 19.8. The summed E-state index contributed by atoms with van der Waals surface area (Å²) in [5.74, 6) is -0.226. The molecule has 2 amide bonds. The molecule has 1 heterocycles. The van der Waals surface area contributed by atoms with Gasteiger partial charge in [-0.05, 0) is 52.8 Å². The molecule has 5 nitrogen and oxygen atoms in total. The fourth-order valence-corrected chi connectivity index (χ4v) is 3.82. The summed E-state index contributed by atoms with van der Waals surface area (Å²) in [6.07, 6.45) is 0. The summed E-state index contributed by atoms with van der Waals surface area (Å²) in [6, 6.07) is 15.8. The van der Waals surface area contributed by atoms with Crippen LogP contribution in [0.4, 0.5) is 0 Å². The topological polar surface area (TPSA) is 52.6 Å². The van der Waals surface area contributed by atoms with Crippen molar-refractivity contribution >= 4 is 34.4 Å². The number of carbonyl (C=O) groups excluding carboxylic acids is 2. The molecule has 0 bridgehead atoms. The number of aryl methyl sites for hydroxylation is 1. The molecule has 0 unspecified atom stereocenters. The number of nitrogens with one attached hydrogen (secondary N) is 1. The molecule has 6 heteroatoms. The summed E-state index contributed by atoms with van der Waals surface area (Å²) in [7, 11) is 0. The van der Waals surface area contributed by atoms with Crippen molar-refractivity contribution in [3.8, 4) is 0 Å². The Bertz CT molecular complexity index is 817. The van der Waals surface area contributed by atoms with Gasteiger partial charge in [0.1, 0.15) is 0 Å². The molecule has 0 aliphatic carbocycles. The first-order chi connectivity index (χ1) is 13.0. The predicted octanol–water partition coefficient (Wildman–Crippen LogP) is 2.67. The molecule has 1 aliphatic heterocycles. The number of benzene rings is 2. The molecule has 1 aliphatic rings. The van der Waals surface area contributed by atoms with E-state index < -0.39 is 0 Å². The molecular formula is C21H24IN3O2. The lowest BCUT2D eigenvalue weighted by atomic mass is 10.1. The third-order valence-electron chi connectivity index (χ3n) is 4.90. The second kappa shape index (κ2) is 9.32. The van der Waals surface area contributed by atoms with Crippen LogP contribution < -0.4 is 5.32 Å². The van der Waals surface area contributed by atoms with Gasteiger partial charge < -0.3 is 10.2 Å². The van der Waals surface area contributed by atoms with Gasteiger partial charge in [0.25, 0.3) is 5.91 Å². The number of amides is 2. The highest BCUT2D eigenvalue weighted by molar-refractivity contribution is 14.1. The van der Waals surface area contributed by atoms with Crippen molar-refractivity contribution in [2.24, 2.45) is 0 Å². The van der Waals surface area contributed by atoms with Gasteiger partial charge >= 0.3 is 0 Å². The highest BCUT2D eigenvalue weighted by Crippen LogP contribution is 2.13. The van der Waals surface area contributed by atoms with Gasteiger partial charge in [0, 0.05) is 36.3 Å². The van der Waals surface area contributed by atoms with E-state index in [9.17, 15) is 9.59 Å². The van der Waals surface area contributed by atoms with E-state index in [1.807, 2.05) is 23.1 Å². The van der Waals surface area contributed by atoms with E-state index in [0.29, 0.717) is 18.7 Å². The maximum Gasteiger partial charge on any atom is 0.252 e. The zero-order valence-electron chi connectivity index (χ0n) is 15.5. The van der Waals surface area contributed by atoms with Gasteiger partial charge in [0.15, 0.2) is 0 Å². The maximum atomic E-state index is 12.4. The van der Waals surface area contributed by atoms with Crippen LogP contribution in [0.5, 0.6) is 0 Å². The fourth-order valence-electron chi connectivity index (χ4n) is 3.19. The quantitative estimate of drug-likeness (QED) is 0.675. The van der Waals surface area contributed by atoms with Crippen molar-refractivity contribution in [1.29, 1.82) is 0 Å². The number of halogens is 1. The van der Waals surface area contributed by atoms with Crippen LogP contribution in [0.3, 0.4) is 0 Å². The summed E-state index contributed by atoms with van der Waals surface area (Å²) in [6.45, 7) is 6.19. The molecule has 0 aromatic heterocycles. The molecule has 1 saturated heterocycles. The van der Waals surface area contributed by atoms with Crippen molar-refractivity contribution in [2.75, 3.05) is 32.7 Å². The second-order valence-electron chi connectivity index (χ2n) is 6.75. The average molecular weight is 477 g/mol. The third kappa shape index (κ3) is 5.29. The summed E-state index contributed by atoms with van der Waals surface area (Å²) < 4.78 is 0.880. The second-order valence-corrected chi connectivity index (χ2v) is 7.91. The van der Waals surface area contributed by atoms with Crippen LogP contribution in [0.15, 0.2) is 48.5 Å². The molecule has 1 N–H and O–H groups in total. The standard InChI is InChI=1S/C21H24IN3O2/c1-16-6-2-3-7-17(16)15-24-10-12-25(13-11-24)20(26)14-23-21(27)18-8-4-5-9-19(18)22/h2-9H,10-15H2,1H3,(H,23,27). The Balaban J connectivity index is 1.45. The normalized spacial score (nSPS) is 14.8. The van der Waals surface area contributed by atoms with E-state index in [-0.39, 0.29) is 18.4 Å². The van der Waals surface area contributed by atoms with Crippen LogP contribution >= 0.6 is 22.6 Å². The number of rotatable bonds is 5. The SMILES string of the molecule is Cc1ccccc1CN1CCN(C(=O)CNC(=O)c2ccccc2I)CC1. The molecule has 0 radical (unpaired) electrons. The summed E-state index contributed by atoms with van der Waals surface area (Å²) >= 11 is 2.13. The molecule has 3 rings (SSSR count). The van der Waals surface area contributed by atoms with Crippen LogP contribution in [0.25, 0.3) is 0 Å². The fraction of sp³-hybridized carbons (Fsp3) is 0.333. The predicted molar refractivity (Wildman–Crippen MR) is 115 cm³/mol. The van der Waals surface area contributed by atoms with E-state index in [4.69, 9.17) is 0 Å². The van der Waals surface area contributed by atoms with Crippen LogP contribution in [-0.2, 0) is 11.3 Å². The number of nitrogens with zero attached hydrogens (tertiary/aromatic N) is 2. The highest BCUT2D eigenvalue weighted by atomic mass is 127. The average Bonchev–Trinajstić information content (AvgIpc) is 2.68. The molecule has 0 atom stereocenters. The Hall–Kier alpha value is -1.93.